The highest BCUT2D eigenvalue weighted by molar-refractivity contribution is 5.49. The normalized spacial score (nSPS) is 10.4. The molecule has 0 saturated carbocycles. The van der Waals surface area contributed by atoms with Gasteiger partial charge in [0.1, 0.15) is 11.5 Å². The number of nitrogens with two attached hydrogens (primary N) is 1. The molecule has 0 radical (unpaired) electrons. The van der Waals surface area contributed by atoms with E-state index in [0.29, 0.717) is 11.6 Å². The molecular weight excluding hydrogens is 180 g/mol. The van der Waals surface area contributed by atoms with Gasteiger partial charge in [-0.25, -0.2) is 14.6 Å². The highest BCUT2D eigenvalue weighted by Crippen LogP contribution is 2.12. The van der Waals surface area contributed by atoms with Crippen molar-refractivity contribution in [2.75, 3.05) is 5.73 Å². The first-order valence-corrected chi connectivity index (χ1v) is 4.28. The Morgan fingerprint density at radius 3 is 3.07 bits per heavy atom. The molecule has 0 spiro atoms. The van der Waals surface area contributed by atoms with Gasteiger partial charge >= 0.3 is 0 Å². The van der Waals surface area contributed by atoms with Gasteiger partial charge in [0.2, 0.25) is 0 Å². The zero-order valence-corrected chi connectivity index (χ0v) is 7.75. The average Bonchev–Trinajstić information content (AvgIpc) is 2.65. The topological polar surface area (TPSA) is 82.5 Å². The summed E-state index contributed by atoms with van der Waals surface area (Å²) in [6, 6.07) is 1.64. The van der Waals surface area contributed by atoms with Crippen LogP contribution in [0.2, 0.25) is 0 Å². The Bertz CT molecular complexity index is 435. The highest BCUT2D eigenvalue weighted by atomic mass is 15.4. The molecule has 6 heteroatoms. The molecule has 0 atom stereocenters. The van der Waals surface area contributed by atoms with E-state index >= 15 is 0 Å². The van der Waals surface area contributed by atoms with E-state index in [9.17, 15) is 0 Å². The number of nitrogen functional groups attached to an aromatic ring is 1. The zero-order valence-electron chi connectivity index (χ0n) is 7.75. The van der Waals surface area contributed by atoms with E-state index in [4.69, 9.17) is 5.73 Å². The van der Waals surface area contributed by atoms with E-state index in [0.717, 1.165) is 12.2 Å². The average molecular weight is 190 g/mol. The molecule has 2 aromatic rings. The van der Waals surface area contributed by atoms with Crippen molar-refractivity contribution >= 4 is 5.82 Å². The predicted octanol–water partition coefficient (Wildman–Crippen LogP) is 0.337. The first-order chi connectivity index (χ1) is 6.81. The van der Waals surface area contributed by atoms with Gasteiger partial charge in [0.15, 0.2) is 5.82 Å². The third-order valence-electron chi connectivity index (χ3n) is 1.82. The Hall–Kier alpha value is -1.98. The molecular formula is C8H10N6. The Kier molecular flexibility index (Phi) is 2.10. The van der Waals surface area contributed by atoms with Gasteiger partial charge in [0.25, 0.3) is 0 Å². The second-order valence-corrected chi connectivity index (χ2v) is 2.74. The van der Waals surface area contributed by atoms with Crippen LogP contribution in [0.5, 0.6) is 0 Å². The monoisotopic (exact) mass is 190 g/mol. The predicted molar refractivity (Wildman–Crippen MR) is 51.1 cm³/mol. The van der Waals surface area contributed by atoms with Crippen molar-refractivity contribution in [2.45, 2.75) is 13.5 Å². The number of nitrogens with zero attached hydrogens (tertiary/aromatic N) is 5. The first kappa shape index (κ1) is 8.61. The Morgan fingerprint density at radius 1 is 1.50 bits per heavy atom. The van der Waals surface area contributed by atoms with Crippen LogP contribution in [0.4, 0.5) is 5.82 Å². The van der Waals surface area contributed by atoms with Crippen molar-refractivity contribution in [1.29, 1.82) is 0 Å². The fourth-order valence-corrected chi connectivity index (χ4v) is 1.16. The summed E-state index contributed by atoms with van der Waals surface area (Å²) in [7, 11) is 0. The highest BCUT2D eigenvalue weighted by Gasteiger charge is 2.07. The molecule has 2 rings (SSSR count). The lowest BCUT2D eigenvalue weighted by atomic mass is 10.4. The van der Waals surface area contributed by atoms with E-state index in [1.165, 1.54) is 0 Å². The molecule has 2 N–H and O–H groups in total. The maximum atomic E-state index is 5.56. The lowest BCUT2D eigenvalue weighted by molar-refractivity contribution is 0.630. The lowest BCUT2D eigenvalue weighted by Crippen LogP contribution is -2.02. The molecule has 0 amide bonds. The van der Waals surface area contributed by atoms with E-state index < -0.39 is 0 Å². The van der Waals surface area contributed by atoms with Crippen molar-refractivity contribution in [1.82, 2.24) is 25.0 Å². The molecule has 72 valence electrons. The Balaban J connectivity index is 2.49. The molecule has 2 heterocycles. The number of hydrogen-bond donors (Lipinski definition) is 1. The molecule has 0 aliphatic heterocycles. The maximum absolute atomic E-state index is 5.56. The van der Waals surface area contributed by atoms with Crippen LogP contribution in [0.25, 0.3) is 11.5 Å². The number of aryl methyl sites for hydroxylation is 1. The molecule has 6 nitrogen and oxygen atoms in total. The van der Waals surface area contributed by atoms with Crippen LogP contribution in [0.3, 0.4) is 0 Å². The lowest BCUT2D eigenvalue weighted by Gasteiger charge is -2.01. The minimum atomic E-state index is 0.443. The third-order valence-corrected chi connectivity index (χ3v) is 1.82. The van der Waals surface area contributed by atoms with Crippen LogP contribution in [0.15, 0.2) is 18.5 Å². The van der Waals surface area contributed by atoms with Gasteiger partial charge in [0.05, 0.1) is 6.20 Å². The number of aromatic nitrogens is 5. The van der Waals surface area contributed by atoms with Gasteiger partial charge in [-0.1, -0.05) is 5.21 Å². The van der Waals surface area contributed by atoms with Gasteiger partial charge in [-0.15, -0.1) is 5.10 Å². The number of hydrogen-bond acceptors (Lipinski definition) is 5. The van der Waals surface area contributed by atoms with E-state index in [1.54, 1.807) is 23.1 Å². The quantitative estimate of drug-likeness (QED) is 0.738. The van der Waals surface area contributed by atoms with Crippen LogP contribution in [-0.4, -0.2) is 25.0 Å². The molecule has 0 aliphatic carbocycles. The number of rotatable bonds is 2. The smallest absolute Gasteiger partial charge is 0.181 e. The van der Waals surface area contributed by atoms with Crippen LogP contribution < -0.4 is 5.73 Å². The summed E-state index contributed by atoms with van der Waals surface area (Å²) in [5, 5.41) is 7.68. The molecule has 0 aromatic carbocycles. The largest absolute Gasteiger partial charge is 0.384 e. The van der Waals surface area contributed by atoms with E-state index in [2.05, 4.69) is 20.3 Å². The standard InChI is InChI=1S/C8H10N6/c1-2-14-6(5-11-13-14)8-10-4-3-7(9)12-8/h3-5H,2H2,1H3,(H2,9,10,12). The summed E-state index contributed by atoms with van der Waals surface area (Å²) < 4.78 is 1.72. The summed E-state index contributed by atoms with van der Waals surface area (Å²) in [5.41, 5.74) is 6.33. The molecule has 0 aliphatic rings. The van der Waals surface area contributed by atoms with Gasteiger partial charge in [-0.2, -0.15) is 0 Å². The maximum Gasteiger partial charge on any atom is 0.181 e. The fraction of sp³-hybridized carbons (Fsp3) is 0.250. The second-order valence-electron chi connectivity index (χ2n) is 2.74. The van der Waals surface area contributed by atoms with Crippen molar-refractivity contribution < 1.29 is 0 Å². The first-order valence-electron chi connectivity index (χ1n) is 4.28. The fourth-order valence-electron chi connectivity index (χ4n) is 1.16. The minimum Gasteiger partial charge on any atom is -0.384 e. The SMILES string of the molecule is CCn1nncc1-c1nccc(N)n1. The molecule has 2 aromatic heterocycles. The molecule has 14 heavy (non-hydrogen) atoms. The summed E-state index contributed by atoms with van der Waals surface area (Å²) in [5.74, 6) is 0.996. The van der Waals surface area contributed by atoms with Crippen molar-refractivity contribution in [3.05, 3.63) is 18.5 Å². The summed E-state index contributed by atoms with van der Waals surface area (Å²) in [6.45, 7) is 2.71. The van der Waals surface area contributed by atoms with Gasteiger partial charge in [0, 0.05) is 12.7 Å². The van der Waals surface area contributed by atoms with Gasteiger partial charge < -0.3 is 5.73 Å². The van der Waals surface area contributed by atoms with Gasteiger partial charge in [-0.3, -0.25) is 0 Å². The molecule has 0 bridgehead atoms. The van der Waals surface area contributed by atoms with Crippen molar-refractivity contribution in [2.24, 2.45) is 0 Å². The van der Waals surface area contributed by atoms with Crippen molar-refractivity contribution in [3.8, 4) is 11.5 Å². The minimum absolute atomic E-state index is 0.443. The summed E-state index contributed by atoms with van der Waals surface area (Å²) in [6.07, 6.45) is 3.24. The third kappa shape index (κ3) is 1.41. The molecule has 0 fully saturated rings. The molecule has 0 unspecified atom stereocenters. The number of anilines is 1. The van der Waals surface area contributed by atoms with E-state index in [1.807, 2.05) is 6.92 Å². The molecule has 0 saturated heterocycles. The Labute approximate surface area is 80.8 Å². The summed E-state index contributed by atoms with van der Waals surface area (Å²) in [4.78, 5) is 8.19. The van der Waals surface area contributed by atoms with Crippen LogP contribution in [-0.2, 0) is 6.54 Å². The second kappa shape index (κ2) is 3.41. The zero-order chi connectivity index (χ0) is 9.97. The van der Waals surface area contributed by atoms with Crippen molar-refractivity contribution in [3.63, 3.8) is 0 Å². The van der Waals surface area contributed by atoms with Crippen LogP contribution >= 0.6 is 0 Å². The summed E-state index contributed by atoms with van der Waals surface area (Å²) >= 11 is 0. The van der Waals surface area contributed by atoms with E-state index in [-0.39, 0.29) is 0 Å². The van der Waals surface area contributed by atoms with Gasteiger partial charge in [-0.05, 0) is 13.0 Å². The van der Waals surface area contributed by atoms with Crippen LogP contribution in [0, 0.1) is 0 Å². The van der Waals surface area contributed by atoms with Crippen LogP contribution in [0.1, 0.15) is 6.92 Å². The Morgan fingerprint density at radius 2 is 2.36 bits per heavy atom.